The number of rotatable bonds is 5. The van der Waals surface area contributed by atoms with Crippen LogP contribution in [0.5, 0.6) is 0 Å². The van der Waals surface area contributed by atoms with Gasteiger partial charge >= 0.3 is 5.97 Å². The number of hydrogen-bond acceptors (Lipinski definition) is 2. The lowest BCUT2D eigenvalue weighted by molar-refractivity contribution is -0.141. The molecular weight excluding hydrogens is 286 g/mol. The highest BCUT2D eigenvalue weighted by molar-refractivity contribution is 9.10. The van der Waals surface area contributed by atoms with Crippen molar-refractivity contribution in [3.05, 3.63) is 34.3 Å². The zero-order chi connectivity index (χ0) is 12.8. The summed E-state index contributed by atoms with van der Waals surface area (Å²) in [6.07, 6.45) is 0.428. The van der Waals surface area contributed by atoms with Crippen molar-refractivity contribution in [2.75, 3.05) is 6.54 Å². The van der Waals surface area contributed by atoms with Crippen molar-refractivity contribution in [2.45, 2.75) is 13.3 Å². The van der Waals surface area contributed by atoms with E-state index in [0.29, 0.717) is 18.5 Å². The standard InChI is InChI=1S/C12H14BrNO3/c1-8(12(16)17)6-7-14-11(15)9-2-4-10(13)5-3-9/h2-5,8H,6-7H2,1H3,(H,14,15)(H,16,17). The first kappa shape index (κ1) is 13.7. The summed E-state index contributed by atoms with van der Waals surface area (Å²) in [6.45, 7) is 1.98. The van der Waals surface area contributed by atoms with Gasteiger partial charge in [0.25, 0.3) is 5.91 Å². The molecule has 2 N–H and O–H groups in total. The van der Waals surface area contributed by atoms with Gasteiger partial charge in [0.2, 0.25) is 0 Å². The van der Waals surface area contributed by atoms with Crippen LogP contribution >= 0.6 is 15.9 Å². The molecule has 0 aliphatic rings. The van der Waals surface area contributed by atoms with E-state index in [-0.39, 0.29) is 5.91 Å². The first-order chi connectivity index (χ1) is 8.00. The van der Waals surface area contributed by atoms with Crippen LogP contribution in [0.1, 0.15) is 23.7 Å². The van der Waals surface area contributed by atoms with Crippen LogP contribution in [0, 0.1) is 5.92 Å². The Bertz CT molecular complexity index is 403. The van der Waals surface area contributed by atoms with Gasteiger partial charge in [-0.25, -0.2) is 0 Å². The van der Waals surface area contributed by atoms with Crippen LogP contribution in [0.2, 0.25) is 0 Å². The normalized spacial score (nSPS) is 11.9. The number of nitrogens with one attached hydrogen (secondary N) is 1. The summed E-state index contributed by atoms with van der Waals surface area (Å²) < 4.78 is 0.911. The summed E-state index contributed by atoms with van der Waals surface area (Å²) in [6, 6.07) is 6.99. The fraction of sp³-hybridized carbons (Fsp3) is 0.333. The molecule has 1 aromatic carbocycles. The molecule has 1 aromatic rings. The van der Waals surface area contributed by atoms with Gasteiger partial charge in [-0.15, -0.1) is 0 Å². The number of hydrogen-bond donors (Lipinski definition) is 2. The Labute approximate surface area is 108 Å². The Hall–Kier alpha value is -1.36. The highest BCUT2D eigenvalue weighted by Crippen LogP contribution is 2.10. The van der Waals surface area contributed by atoms with Crippen molar-refractivity contribution in [2.24, 2.45) is 5.92 Å². The summed E-state index contributed by atoms with van der Waals surface area (Å²) in [5.41, 5.74) is 0.566. The molecule has 0 aliphatic heterocycles. The number of halogens is 1. The Morgan fingerprint density at radius 3 is 2.47 bits per heavy atom. The first-order valence-electron chi connectivity index (χ1n) is 5.27. The van der Waals surface area contributed by atoms with E-state index in [1.54, 1.807) is 31.2 Å². The smallest absolute Gasteiger partial charge is 0.306 e. The molecule has 1 unspecified atom stereocenters. The topological polar surface area (TPSA) is 66.4 Å². The maximum atomic E-state index is 11.6. The molecule has 0 fully saturated rings. The maximum absolute atomic E-state index is 11.6. The number of aliphatic carboxylic acids is 1. The largest absolute Gasteiger partial charge is 0.481 e. The molecule has 0 radical (unpaired) electrons. The molecule has 0 aromatic heterocycles. The van der Waals surface area contributed by atoms with Crippen molar-refractivity contribution in [1.82, 2.24) is 5.32 Å². The number of amides is 1. The van der Waals surface area contributed by atoms with Crippen LogP contribution in [-0.4, -0.2) is 23.5 Å². The predicted molar refractivity (Wildman–Crippen MR) is 67.9 cm³/mol. The second-order valence-electron chi connectivity index (χ2n) is 3.79. The number of carboxylic acid groups (broad SMARTS) is 1. The minimum absolute atomic E-state index is 0.185. The monoisotopic (exact) mass is 299 g/mol. The molecule has 0 aliphatic carbocycles. The van der Waals surface area contributed by atoms with Gasteiger partial charge in [0.05, 0.1) is 5.92 Å². The lowest BCUT2D eigenvalue weighted by Gasteiger charge is -2.07. The molecule has 5 heteroatoms. The molecule has 1 atom stereocenters. The second-order valence-corrected chi connectivity index (χ2v) is 4.71. The highest BCUT2D eigenvalue weighted by atomic mass is 79.9. The number of carbonyl (C=O) groups is 2. The first-order valence-corrected chi connectivity index (χ1v) is 6.06. The van der Waals surface area contributed by atoms with Crippen LogP contribution in [0.15, 0.2) is 28.7 Å². The van der Waals surface area contributed by atoms with Crippen molar-refractivity contribution in [1.29, 1.82) is 0 Å². The summed E-state index contributed by atoms with van der Waals surface area (Å²) in [5.74, 6) is -1.47. The molecular formula is C12H14BrNO3. The van der Waals surface area contributed by atoms with Crippen LogP contribution in [0.25, 0.3) is 0 Å². The van der Waals surface area contributed by atoms with E-state index in [0.717, 1.165) is 4.47 Å². The SMILES string of the molecule is CC(CCNC(=O)c1ccc(Br)cc1)C(=O)O. The Morgan fingerprint density at radius 1 is 1.35 bits per heavy atom. The van der Waals surface area contributed by atoms with Gasteiger partial charge in [0.15, 0.2) is 0 Å². The van der Waals surface area contributed by atoms with Gasteiger partial charge in [-0.05, 0) is 30.7 Å². The van der Waals surface area contributed by atoms with Crippen LogP contribution in [0.4, 0.5) is 0 Å². The van der Waals surface area contributed by atoms with E-state index >= 15 is 0 Å². The van der Waals surface area contributed by atoms with Crippen molar-refractivity contribution < 1.29 is 14.7 Å². The Kier molecular flexibility index (Phi) is 5.15. The number of carboxylic acids is 1. The quantitative estimate of drug-likeness (QED) is 0.877. The Balaban J connectivity index is 2.40. The fourth-order valence-electron chi connectivity index (χ4n) is 1.23. The zero-order valence-electron chi connectivity index (χ0n) is 9.44. The van der Waals surface area contributed by atoms with Gasteiger partial charge in [-0.2, -0.15) is 0 Å². The third-order valence-corrected chi connectivity index (χ3v) is 2.92. The maximum Gasteiger partial charge on any atom is 0.306 e. The number of carbonyl (C=O) groups excluding carboxylic acids is 1. The molecule has 1 rings (SSSR count). The summed E-state index contributed by atoms with van der Waals surface area (Å²) in [4.78, 5) is 22.2. The van der Waals surface area contributed by atoms with Gasteiger partial charge < -0.3 is 10.4 Å². The minimum Gasteiger partial charge on any atom is -0.481 e. The molecule has 92 valence electrons. The average molecular weight is 300 g/mol. The molecule has 0 bridgehead atoms. The summed E-state index contributed by atoms with van der Waals surface area (Å²) in [7, 11) is 0. The zero-order valence-corrected chi connectivity index (χ0v) is 11.0. The molecule has 17 heavy (non-hydrogen) atoms. The molecule has 0 spiro atoms. The predicted octanol–water partition coefficient (Wildman–Crippen LogP) is 2.29. The molecule has 1 amide bonds. The second kappa shape index (κ2) is 6.39. The minimum atomic E-state index is -0.845. The van der Waals surface area contributed by atoms with Gasteiger partial charge in [-0.3, -0.25) is 9.59 Å². The van der Waals surface area contributed by atoms with Crippen molar-refractivity contribution in [3.8, 4) is 0 Å². The lowest BCUT2D eigenvalue weighted by atomic mass is 10.1. The van der Waals surface area contributed by atoms with E-state index < -0.39 is 11.9 Å². The van der Waals surface area contributed by atoms with Crippen LogP contribution in [-0.2, 0) is 4.79 Å². The molecule has 0 saturated heterocycles. The molecule has 0 heterocycles. The van der Waals surface area contributed by atoms with Gasteiger partial charge in [0.1, 0.15) is 0 Å². The van der Waals surface area contributed by atoms with Crippen LogP contribution in [0.3, 0.4) is 0 Å². The van der Waals surface area contributed by atoms with E-state index in [1.165, 1.54) is 0 Å². The third kappa shape index (κ3) is 4.56. The van der Waals surface area contributed by atoms with Crippen molar-refractivity contribution in [3.63, 3.8) is 0 Å². The van der Waals surface area contributed by atoms with Gasteiger partial charge in [0, 0.05) is 16.6 Å². The average Bonchev–Trinajstić information content (AvgIpc) is 2.29. The summed E-state index contributed by atoms with van der Waals surface area (Å²) in [5, 5.41) is 11.4. The van der Waals surface area contributed by atoms with E-state index in [9.17, 15) is 9.59 Å². The molecule has 0 saturated carbocycles. The van der Waals surface area contributed by atoms with E-state index in [2.05, 4.69) is 21.2 Å². The fourth-order valence-corrected chi connectivity index (χ4v) is 1.49. The highest BCUT2D eigenvalue weighted by Gasteiger charge is 2.11. The van der Waals surface area contributed by atoms with E-state index in [4.69, 9.17) is 5.11 Å². The van der Waals surface area contributed by atoms with Crippen molar-refractivity contribution >= 4 is 27.8 Å². The molecule has 4 nitrogen and oxygen atoms in total. The van der Waals surface area contributed by atoms with Gasteiger partial charge in [-0.1, -0.05) is 22.9 Å². The van der Waals surface area contributed by atoms with Crippen LogP contribution < -0.4 is 5.32 Å². The summed E-state index contributed by atoms with van der Waals surface area (Å²) >= 11 is 3.29. The number of benzene rings is 1. The lowest BCUT2D eigenvalue weighted by Crippen LogP contribution is -2.26. The third-order valence-electron chi connectivity index (χ3n) is 2.39. The van der Waals surface area contributed by atoms with E-state index in [1.807, 2.05) is 0 Å². The Morgan fingerprint density at radius 2 is 1.94 bits per heavy atom.